The first-order valence-electron chi connectivity index (χ1n) is 8.90. The highest BCUT2D eigenvalue weighted by atomic mass is 16.5. The molecule has 0 unspecified atom stereocenters. The second-order valence-corrected chi connectivity index (χ2v) is 5.92. The van der Waals surface area contributed by atoms with E-state index in [0.717, 1.165) is 57.8 Å². The molecule has 0 saturated carbocycles. The molecule has 0 rings (SSSR count). The van der Waals surface area contributed by atoms with Crippen molar-refractivity contribution in [2.45, 2.75) is 84.0 Å². The summed E-state index contributed by atoms with van der Waals surface area (Å²) in [5.74, 6) is -0.0523. The van der Waals surface area contributed by atoms with Gasteiger partial charge in [0.2, 0.25) is 0 Å². The van der Waals surface area contributed by atoms with Crippen LogP contribution >= 0.6 is 0 Å². The Morgan fingerprint density at radius 1 is 0.696 bits per heavy atom. The van der Waals surface area contributed by atoms with Crippen LogP contribution in [0.15, 0.2) is 12.2 Å². The fraction of sp³-hybridized carbons (Fsp3) is 0.737. The number of ether oxygens (including phenoxy) is 1. The van der Waals surface area contributed by atoms with Gasteiger partial charge in [0.1, 0.15) is 0 Å². The summed E-state index contributed by atoms with van der Waals surface area (Å²) in [6.07, 6.45) is 13.4. The van der Waals surface area contributed by atoms with Crippen molar-refractivity contribution in [1.82, 2.24) is 0 Å². The highest BCUT2D eigenvalue weighted by molar-refractivity contribution is 5.98. The van der Waals surface area contributed by atoms with Gasteiger partial charge in [-0.25, -0.2) is 0 Å². The molecule has 0 N–H and O–H groups in total. The third-order valence-corrected chi connectivity index (χ3v) is 3.76. The first kappa shape index (κ1) is 21.6. The van der Waals surface area contributed by atoms with E-state index in [0.29, 0.717) is 19.3 Å². The number of carbonyl (C=O) groups is 3. The van der Waals surface area contributed by atoms with E-state index in [1.165, 1.54) is 19.3 Å². The van der Waals surface area contributed by atoms with Crippen LogP contribution in [0.1, 0.15) is 84.0 Å². The molecule has 0 atom stereocenters. The Bertz CT molecular complexity index is 372. The van der Waals surface area contributed by atoms with E-state index < -0.39 is 0 Å². The number of rotatable bonds is 15. The summed E-state index contributed by atoms with van der Waals surface area (Å²) in [6.45, 7) is 2.10. The number of allylic oxidation sites excluding steroid dienone is 2. The minimum atomic E-state index is -0.147. The van der Waals surface area contributed by atoms with Crippen LogP contribution in [-0.2, 0) is 19.1 Å². The number of unbranched alkanes of at least 4 members (excludes halogenated alkanes) is 7. The monoisotopic (exact) mass is 324 g/mol. The second kappa shape index (κ2) is 15.4. The van der Waals surface area contributed by atoms with E-state index in [1.54, 1.807) is 0 Å². The van der Waals surface area contributed by atoms with Crippen molar-refractivity contribution >= 4 is 17.5 Å². The maximum Gasteiger partial charge on any atom is 0.305 e. The molecule has 0 spiro atoms. The molecule has 0 saturated heterocycles. The van der Waals surface area contributed by atoms with E-state index in [2.05, 4.69) is 11.7 Å². The molecule has 0 aromatic carbocycles. The van der Waals surface area contributed by atoms with Gasteiger partial charge < -0.3 is 4.74 Å². The number of methoxy groups -OCH3 is 1. The lowest BCUT2D eigenvalue weighted by Gasteiger charge is -2.01. The summed E-state index contributed by atoms with van der Waals surface area (Å²) in [4.78, 5) is 34.0. The minimum Gasteiger partial charge on any atom is -0.469 e. The van der Waals surface area contributed by atoms with E-state index in [-0.39, 0.29) is 17.5 Å². The van der Waals surface area contributed by atoms with Crippen molar-refractivity contribution in [2.24, 2.45) is 0 Å². The summed E-state index contributed by atoms with van der Waals surface area (Å²) in [5.41, 5.74) is 0. The Labute approximate surface area is 140 Å². The van der Waals surface area contributed by atoms with Crippen molar-refractivity contribution in [3.05, 3.63) is 12.2 Å². The molecule has 132 valence electrons. The zero-order valence-corrected chi connectivity index (χ0v) is 14.8. The molecule has 0 bridgehead atoms. The van der Waals surface area contributed by atoms with E-state index in [4.69, 9.17) is 0 Å². The molecule has 23 heavy (non-hydrogen) atoms. The van der Waals surface area contributed by atoms with Crippen LogP contribution in [0.5, 0.6) is 0 Å². The largest absolute Gasteiger partial charge is 0.469 e. The fourth-order valence-corrected chi connectivity index (χ4v) is 2.28. The van der Waals surface area contributed by atoms with Gasteiger partial charge in [-0.3, -0.25) is 14.4 Å². The van der Waals surface area contributed by atoms with Gasteiger partial charge in [0.15, 0.2) is 11.6 Å². The average Bonchev–Trinajstić information content (AvgIpc) is 2.55. The SMILES string of the molecule is CCCCCC(=O)C=CC(=O)CCCCCCCCC(=O)OC. The quantitative estimate of drug-likeness (QED) is 0.252. The number of esters is 1. The van der Waals surface area contributed by atoms with Crippen molar-refractivity contribution in [1.29, 1.82) is 0 Å². The van der Waals surface area contributed by atoms with Gasteiger partial charge in [-0.2, -0.15) is 0 Å². The molecule has 0 amide bonds. The third-order valence-electron chi connectivity index (χ3n) is 3.76. The van der Waals surface area contributed by atoms with E-state index >= 15 is 0 Å². The zero-order chi connectivity index (χ0) is 17.3. The van der Waals surface area contributed by atoms with Crippen molar-refractivity contribution in [3.8, 4) is 0 Å². The molecular formula is C19H32O4. The lowest BCUT2D eigenvalue weighted by atomic mass is 10.1. The third kappa shape index (κ3) is 15.2. The molecule has 4 nitrogen and oxygen atoms in total. The highest BCUT2D eigenvalue weighted by Gasteiger charge is 2.01. The number of hydrogen-bond donors (Lipinski definition) is 0. The van der Waals surface area contributed by atoms with Gasteiger partial charge in [0.05, 0.1) is 7.11 Å². The average molecular weight is 324 g/mol. The number of hydrogen-bond acceptors (Lipinski definition) is 4. The van der Waals surface area contributed by atoms with Crippen molar-refractivity contribution in [2.75, 3.05) is 7.11 Å². The Kier molecular flexibility index (Phi) is 14.5. The molecule has 0 fully saturated rings. The lowest BCUT2D eigenvalue weighted by molar-refractivity contribution is -0.140. The lowest BCUT2D eigenvalue weighted by Crippen LogP contribution is -1.99. The summed E-state index contributed by atoms with van der Waals surface area (Å²) in [7, 11) is 1.41. The molecule has 0 aliphatic carbocycles. The Balaban J connectivity index is 3.49. The smallest absolute Gasteiger partial charge is 0.305 e. The maximum absolute atomic E-state index is 11.6. The van der Waals surface area contributed by atoms with Crippen LogP contribution in [0.2, 0.25) is 0 Å². The van der Waals surface area contributed by atoms with Crippen LogP contribution < -0.4 is 0 Å². The Morgan fingerprint density at radius 2 is 1.13 bits per heavy atom. The fourth-order valence-electron chi connectivity index (χ4n) is 2.28. The molecule has 0 heterocycles. The molecule has 0 aliphatic rings. The maximum atomic E-state index is 11.6. The molecule has 4 heteroatoms. The zero-order valence-electron chi connectivity index (χ0n) is 14.8. The summed E-state index contributed by atoms with van der Waals surface area (Å²) in [6, 6.07) is 0. The number of carbonyl (C=O) groups excluding carboxylic acids is 3. The van der Waals surface area contributed by atoms with Gasteiger partial charge >= 0.3 is 5.97 Å². The van der Waals surface area contributed by atoms with Crippen LogP contribution in [-0.4, -0.2) is 24.6 Å². The van der Waals surface area contributed by atoms with Crippen LogP contribution in [0.25, 0.3) is 0 Å². The Hall–Kier alpha value is -1.45. The standard InChI is InChI=1S/C19H32O4/c1-3-4-9-12-17(20)15-16-18(21)13-10-7-5-6-8-11-14-19(22)23-2/h15-16H,3-14H2,1-2H3. The first-order valence-corrected chi connectivity index (χ1v) is 8.90. The molecule has 0 aliphatic heterocycles. The molecule has 0 aromatic rings. The molecular weight excluding hydrogens is 292 g/mol. The van der Waals surface area contributed by atoms with Crippen molar-refractivity contribution < 1.29 is 19.1 Å². The summed E-state index contributed by atoms with van der Waals surface area (Å²) in [5, 5.41) is 0. The van der Waals surface area contributed by atoms with Crippen molar-refractivity contribution in [3.63, 3.8) is 0 Å². The van der Waals surface area contributed by atoms with Crippen LogP contribution in [0, 0.1) is 0 Å². The highest BCUT2D eigenvalue weighted by Crippen LogP contribution is 2.09. The predicted octanol–water partition coefficient (Wildman–Crippen LogP) is 4.55. The molecule has 0 aromatic heterocycles. The number of ketones is 2. The van der Waals surface area contributed by atoms with Crippen LogP contribution in [0.4, 0.5) is 0 Å². The Morgan fingerprint density at radius 3 is 1.61 bits per heavy atom. The summed E-state index contributed by atoms with van der Waals surface area (Å²) < 4.78 is 4.58. The summed E-state index contributed by atoms with van der Waals surface area (Å²) >= 11 is 0. The normalized spacial score (nSPS) is 10.9. The molecule has 0 radical (unpaired) electrons. The van der Waals surface area contributed by atoms with Gasteiger partial charge in [-0.15, -0.1) is 0 Å². The van der Waals surface area contributed by atoms with E-state index in [9.17, 15) is 14.4 Å². The first-order chi connectivity index (χ1) is 11.1. The minimum absolute atomic E-state index is 0.0412. The topological polar surface area (TPSA) is 60.4 Å². The van der Waals surface area contributed by atoms with Crippen LogP contribution in [0.3, 0.4) is 0 Å². The van der Waals surface area contributed by atoms with Gasteiger partial charge in [0.25, 0.3) is 0 Å². The van der Waals surface area contributed by atoms with E-state index in [1.807, 2.05) is 0 Å². The van der Waals surface area contributed by atoms with Gasteiger partial charge in [-0.05, 0) is 31.4 Å². The van der Waals surface area contributed by atoms with Gasteiger partial charge in [0, 0.05) is 19.3 Å². The second-order valence-electron chi connectivity index (χ2n) is 5.92. The predicted molar refractivity (Wildman–Crippen MR) is 92.2 cm³/mol. The van der Waals surface area contributed by atoms with Gasteiger partial charge in [-0.1, -0.05) is 45.4 Å².